The fourth-order valence-corrected chi connectivity index (χ4v) is 2.15. The average Bonchev–Trinajstić information content (AvgIpc) is 2.91. The molecule has 7 nitrogen and oxygen atoms in total. The van der Waals surface area contributed by atoms with E-state index in [9.17, 15) is 18.0 Å². The summed E-state index contributed by atoms with van der Waals surface area (Å²) in [5.74, 6) is -0.985. The van der Waals surface area contributed by atoms with Crippen molar-refractivity contribution in [3.8, 4) is 0 Å². The molecule has 24 heavy (non-hydrogen) atoms. The summed E-state index contributed by atoms with van der Waals surface area (Å²) in [5.41, 5.74) is 0.365. The van der Waals surface area contributed by atoms with Gasteiger partial charge in [0.1, 0.15) is 5.52 Å². The first-order valence-corrected chi connectivity index (χ1v) is 7.32. The minimum atomic E-state index is -4.56. The maximum absolute atomic E-state index is 13.1. The number of urea groups is 1. The molecule has 10 heteroatoms. The number of alkyl halides is 3. The van der Waals surface area contributed by atoms with Gasteiger partial charge < -0.3 is 19.9 Å². The Morgan fingerprint density at radius 3 is 2.79 bits per heavy atom. The highest BCUT2D eigenvalue weighted by Crippen LogP contribution is 2.30. The summed E-state index contributed by atoms with van der Waals surface area (Å²) in [6.07, 6.45) is -2.84. The molecule has 2 heterocycles. The van der Waals surface area contributed by atoms with Gasteiger partial charge in [0.25, 0.3) is 0 Å². The summed E-state index contributed by atoms with van der Waals surface area (Å²) in [7, 11) is 1.52. The molecule has 0 aromatic carbocycles. The Morgan fingerprint density at radius 1 is 1.33 bits per heavy atom. The first-order valence-electron chi connectivity index (χ1n) is 7.32. The topological polar surface area (TPSA) is 81.1 Å². The summed E-state index contributed by atoms with van der Waals surface area (Å²) < 4.78 is 45.1. The predicted octanol–water partition coefficient (Wildman–Crippen LogP) is 1.79. The van der Waals surface area contributed by atoms with Crippen LogP contribution in [-0.2, 0) is 17.5 Å². The number of hydrogen-bond acceptors (Lipinski definition) is 4. The van der Waals surface area contributed by atoms with Crippen LogP contribution in [-0.4, -0.2) is 47.4 Å². The summed E-state index contributed by atoms with van der Waals surface area (Å²) in [6, 6.07) is 2.62. The van der Waals surface area contributed by atoms with Crippen LogP contribution in [0.4, 0.5) is 18.0 Å². The zero-order valence-electron chi connectivity index (χ0n) is 13.1. The fourth-order valence-electron chi connectivity index (χ4n) is 2.15. The van der Waals surface area contributed by atoms with Gasteiger partial charge in [0.2, 0.25) is 5.82 Å². The molecular formula is C14H18F3N5O2. The molecule has 0 aliphatic heterocycles. The normalized spacial score (nSPS) is 11.7. The third-order valence-electron chi connectivity index (χ3n) is 3.19. The van der Waals surface area contributed by atoms with Crippen LogP contribution in [0.1, 0.15) is 12.2 Å². The van der Waals surface area contributed by atoms with Gasteiger partial charge >= 0.3 is 12.2 Å². The largest absolute Gasteiger partial charge is 0.449 e. The van der Waals surface area contributed by atoms with E-state index >= 15 is 0 Å². The van der Waals surface area contributed by atoms with E-state index in [-0.39, 0.29) is 24.3 Å². The van der Waals surface area contributed by atoms with Gasteiger partial charge in [-0.3, -0.25) is 0 Å². The van der Waals surface area contributed by atoms with Crippen molar-refractivity contribution < 1.29 is 22.7 Å². The molecule has 0 atom stereocenters. The van der Waals surface area contributed by atoms with Crippen LogP contribution in [0.15, 0.2) is 18.3 Å². The minimum absolute atomic E-state index is 0.0424. The van der Waals surface area contributed by atoms with E-state index < -0.39 is 18.0 Å². The zero-order chi connectivity index (χ0) is 17.6. The van der Waals surface area contributed by atoms with Crippen molar-refractivity contribution in [3.63, 3.8) is 0 Å². The quantitative estimate of drug-likeness (QED) is 0.750. The molecule has 0 spiro atoms. The number of nitrogens with zero attached hydrogens (tertiary/aromatic N) is 3. The van der Waals surface area contributed by atoms with E-state index in [1.54, 1.807) is 0 Å². The van der Waals surface area contributed by atoms with Gasteiger partial charge in [-0.2, -0.15) is 13.2 Å². The average molecular weight is 345 g/mol. The van der Waals surface area contributed by atoms with Crippen molar-refractivity contribution in [3.05, 3.63) is 24.2 Å². The Labute approximate surface area is 136 Å². The van der Waals surface area contributed by atoms with Crippen LogP contribution in [0.2, 0.25) is 0 Å². The predicted molar refractivity (Wildman–Crippen MR) is 80.4 cm³/mol. The molecule has 0 saturated carbocycles. The molecule has 0 radical (unpaired) electrons. The third-order valence-corrected chi connectivity index (χ3v) is 3.19. The number of aryl methyl sites for hydroxylation is 1. The Kier molecular flexibility index (Phi) is 5.96. The lowest BCUT2D eigenvalue weighted by Gasteiger charge is -2.11. The number of pyridine rings is 1. The molecule has 0 aliphatic rings. The second-order valence-corrected chi connectivity index (χ2v) is 4.96. The smallest absolute Gasteiger partial charge is 0.383 e. The van der Waals surface area contributed by atoms with Gasteiger partial charge in [-0.1, -0.05) is 0 Å². The third kappa shape index (κ3) is 4.57. The van der Waals surface area contributed by atoms with E-state index in [1.165, 1.54) is 25.4 Å². The van der Waals surface area contributed by atoms with E-state index in [0.717, 1.165) is 4.57 Å². The molecule has 132 valence electrons. The molecule has 2 aromatic rings. The Balaban J connectivity index is 1.96. The van der Waals surface area contributed by atoms with Gasteiger partial charge in [0, 0.05) is 32.9 Å². The van der Waals surface area contributed by atoms with Gasteiger partial charge in [-0.25, -0.2) is 14.8 Å². The molecule has 0 aliphatic carbocycles. The van der Waals surface area contributed by atoms with E-state index in [4.69, 9.17) is 4.74 Å². The molecule has 2 N–H and O–H groups in total. The lowest BCUT2D eigenvalue weighted by Crippen LogP contribution is -2.37. The number of carbonyl (C=O) groups excluding carboxylic acids is 1. The number of hydrogen-bond donors (Lipinski definition) is 2. The maximum Gasteiger partial charge on any atom is 0.449 e. The summed E-state index contributed by atoms with van der Waals surface area (Å²) in [4.78, 5) is 19.0. The second-order valence-electron chi connectivity index (χ2n) is 4.96. The van der Waals surface area contributed by atoms with Crippen LogP contribution in [0.25, 0.3) is 11.2 Å². The summed E-state index contributed by atoms with van der Waals surface area (Å²) in [5, 5.41) is 5.13. The number of aromatic nitrogens is 3. The molecule has 0 fully saturated rings. The second kappa shape index (κ2) is 7.95. The number of carbonyl (C=O) groups is 1. The first-order chi connectivity index (χ1) is 11.4. The number of imidazole rings is 1. The maximum atomic E-state index is 13.1. The minimum Gasteiger partial charge on any atom is -0.383 e. The number of halogens is 3. The molecule has 2 amide bonds. The van der Waals surface area contributed by atoms with Crippen molar-refractivity contribution >= 4 is 17.2 Å². The van der Waals surface area contributed by atoms with Gasteiger partial charge in [-0.15, -0.1) is 0 Å². The highest BCUT2D eigenvalue weighted by Gasteiger charge is 2.37. The van der Waals surface area contributed by atoms with Crippen LogP contribution in [0.5, 0.6) is 0 Å². The van der Waals surface area contributed by atoms with E-state index in [2.05, 4.69) is 20.6 Å². The van der Waals surface area contributed by atoms with Gasteiger partial charge in [0.15, 0.2) is 5.65 Å². The van der Waals surface area contributed by atoms with Crippen molar-refractivity contribution in [2.24, 2.45) is 0 Å². The van der Waals surface area contributed by atoms with Gasteiger partial charge in [-0.05, 0) is 18.6 Å². The lowest BCUT2D eigenvalue weighted by atomic mass is 10.4. The standard InChI is InChI=1S/C14H18F3N5O2/c1-24-9-7-20-13(23)19-6-3-8-22-11-10(4-2-5-18-11)21-12(22)14(15,16)17/h2,4-5H,3,6-9H2,1H3,(H2,19,20,23). The zero-order valence-corrected chi connectivity index (χ0v) is 13.1. The van der Waals surface area contributed by atoms with Crippen molar-refractivity contribution in [2.75, 3.05) is 26.8 Å². The monoisotopic (exact) mass is 345 g/mol. The highest BCUT2D eigenvalue weighted by molar-refractivity contribution is 5.73. The fraction of sp³-hybridized carbons (Fsp3) is 0.500. The van der Waals surface area contributed by atoms with Crippen LogP contribution < -0.4 is 10.6 Å². The SMILES string of the molecule is COCCNC(=O)NCCCn1c(C(F)(F)F)nc2cccnc21. The van der Waals surface area contributed by atoms with Crippen LogP contribution in [0, 0.1) is 0 Å². The van der Waals surface area contributed by atoms with E-state index in [0.29, 0.717) is 19.6 Å². The lowest BCUT2D eigenvalue weighted by molar-refractivity contribution is -0.147. The first kappa shape index (κ1) is 18.0. The number of rotatable bonds is 7. The van der Waals surface area contributed by atoms with E-state index in [1.807, 2.05) is 0 Å². The number of methoxy groups -OCH3 is 1. The number of amides is 2. The molecule has 0 saturated heterocycles. The Hall–Kier alpha value is -2.36. The highest BCUT2D eigenvalue weighted by atomic mass is 19.4. The van der Waals surface area contributed by atoms with Gasteiger partial charge in [0.05, 0.1) is 6.61 Å². The molecule has 0 unspecified atom stereocenters. The summed E-state index contributed by atoms with van der Waals surface area (Å²) >= 11 is 0. The number of nitrogens with one attached hydrogen (secondary N) is 2. The Bertz CT molecular complexity index is 687. The van der Waals surface area contributed by atoms with Crippen LogP contribution in [0.3, 0.4) is 0 Å². The van der Waals surface area contributed by atoms with Crippen LogP contribution >= 0.6 is 0 Å². The van der Waals surface area contributed by atoms with Crippen molar-refractivity contribution in [1.29, 1.82) is 0 Å². The summed E-state index contributed by atoms with van der Waals surface area (Å²) in [6.45, 7) is 1.01. The van der Waals surface area contributed by atoms with Crippen molar-refractivity contribution in [1.82, 2.24) is 25.2 Å². The molecule has 2 rings (SSSR count). The number of ether oxygens (including phenoxy) is 1. The molecule has 0 bridgehead atoms. The molecular weight excluding hydrogens is 327 g/mol. The Morgan fingerprint density at radius 2 is 2.08 bits per heavy atom. The molecule has 2 aromatic heterocycles. The number of fused-ring (bicyclic) bond motifs is 1. The van der Waals surface area contributed by atoms with Crippen molar-refractivity contribution in [2.45, 2.75) is 19.1 Å².